The highest BCUT2D eigenvalue weighted by atomic mass is 16.4. The third kappa shape index (κ3) is 3.13. The van der Waals surface area contributed by atoms with Crippen LogP contribution in [0.1, 0.15) is 44.9 Å². The fourth-order valence-corrected chi connectivity index (χ4v) is 2.32. The van der Waals surface area contributed by atoms with Gasteiger partial charge in [0.25, 0.3) is 0 Å². The molecule has 0 saturated carbocycles. The van der Waals surface area contributed by atoms with Crippen LogP contribution >= 0.6 is 0 Å². The minimum Gasteiger partial charge on any atom is -0.481 e. The van der Waals surface area contributed by atoms with Crippen LogP contribution in [0.4, 0.5) is 0 Å². The highest BCUT2D eigenvalue weighted by molar-refractivity contribution is 5.76. The number of carbonyl (C=O) groups is 1. The maximum atomic E-state index is 10.5. The highest BCUT2D eigenvalue weighted by Gasteiger charge is 2.12. The second-order valence-electron chi connectivity index (χ2n) is 5.12. The van der Waals surface area contributed by atoms with E-state index in [1.165, 1.54) is 0 Å². The lowest BCUT2D eigenvalue weighted by molar-refractivity contribution is -0.137. The summed E-state index contributed by atoms with van der Waals surface area (Å²) in [5.41, 5.74) is 2.16. The first kappa shape index (κ1) is 13.6. The molecular weight excluding hydrogens is 240 g/mol. The van der Waals surface area contributed by atoms with E-state index in [0.717, 1.165) is 29.8 Å². The number of imidazole rings is 1. The van der Waals surface area contributed by atoms with E-state index >= 15 is 0 Å². The lowest BCUT2D eigenvalue weighted by atomic mass is 10.2. The van der Waals surface area contributed by atoms with Crippen LogP contribution in [0.3, 0.4) is 0 Å². The maximum Gasteiger partial charge on any atom is 0.303 e. The molecule has 1 aromatic heterocycles. The molecule has 1 aromatic carbocycles. The van der Waals surface area contributed by atoms with Gasteiger partial charge in [0.2, 0.25) is 0 Å². The van der Waals surface area contributed by atoms with Crippen LogP contribution in [-0.4, -0.2) is 20.6 Å². The summed E-state index contributed by atoms with van der Waals surface area (Å²) in [7, 11) is 0. The molecule has 0 saturated heterocycles. The molecule has 0 unspecified atom stereocenters. The van der Waals surface area contributed by atoms with Crippen molar-refractivity contribution in [2.24, 2.45) is 0 Å². The number of unbranched alkanes of at least 4 members (excludes halogenated alkanes) is 1. The Hall–Kier alpha value is -1.84. The number of fused-ring (bicyclic) bond motifs is 1. The molecule has 0 aliphatic carbocycles. The predicted octanol–water partition coefficient (Wildman–Crippen LogP) is 3.41. The van der Waals surface area contributed by atoms with Gasteiger partial charge < -0.3 is 9.67 Å². The second-order valence-corrected chi connectivity index (χ2v) is 5.12. The monoisotopic (exact) mass is 260 g/mol. The third-order valence-electron chi connectivity index (χ3n) is 3.22. The van der Waals surface area contributed by atoms with Crippen LogP contribution in [-0.2, 0) is 11.3 Å². The fraction of sp³-hybridized carbons (Fsp3) is 0.467. The standard InChI is InChI=1S/C15H20N2O2/c1-11(2)15-16-12-7-3-4-8-13(12)17(15)10-6-5-9-14(18)19/h3-4,7-8,11H,5-6,9-10H2,1-2H3,(H,18,19). The van der Waals surface area contributed by atoms with Crippen molar-refractivity contribution in [3.8, 4) is 0 Å². The number of carboxylic acid groups (broad SMARTS) is 1. The van der Waals surface area contributed by atoms with Gasteiger partial charge in [-0.05, 0) is 25.0 Å². The summed E-state index contributed by atoms with van der Waals surface area (Å²) in [5.74, 6) is 0.725. The molecule has 4 heteroatoms. The molecule has 2 aromatic rings. The van der Waals surface area contributed by atoms with Crippen LogP contribution in [0.5, 0.6) is 0 Å². The van der Waals surface area contributed by atoms with E-state index in [-0.39, 0.29) is 6.42 Å². The van der Waals surface area contributed by atoms with E-state index in [1.807, 2.05) is 18.2 Å². The molecular formula is C15H20N2O2. The largest absolute Gasteiger partial charge is 0.481 e. The summed E-state index contributed by atoms with van der Waals surface area (Å²) in [6.07, 6.45) is 1.81. The molecule has 2 rings (SSSR count). The molecule has 1 heterocycles. The molecule has 0 amide bonds. The van der Waals surface area contributed by atoms with Gasteiger partial charge in [-0.3, -0.25) is 4.79 Å². The summed E-state index contributed by atoms with van der Waals surface area (Å²) in [4.78, 5) is 15.2. The first-order valence-electron chi connectivity index (χ1n) is 6.76. The average Bonchev–Trinajstić information content (AvgIpc) is 2.73. The van der Waals surface area contributed by atoms with Crippen molar-refractivity contribution < 1.29 is 9.90 Å². The van der Waals surface area contributed by atoms with Gasteiger partial charge in [0.1, 0.15) is 5.82 Å². The van der Waals surface area contributed by atoms with Gasteiger partial charge >= 0.3 is 5.97 Å². The zero-order valence-electron chi connectivity index (χ0n) is 11.5. The number of para-hydroxylation sites is 2. The number of hydrogen-bond acceptors (Lipinski definition) is 2. The normalized spacial score (nSPS) is 11.3. The zero-order chi connectivity index (χ0) is 13.8. The van der Waals surface area contributed by atoms with Gasteiger partial charge in [0, 0.05) is 18.9 Å². The molecule has 102 valence electrons. The smallest absolute Gasteiger partial charge is 0.303 e. The Balaban J connectivity index is 2.19. The van der Waals surface area contributed by atoms with E-state index in [1.54, 1.807) is 0 Å². The van der Waals surface area contributed by atoms with Crippen LogP contribution in [0, 0.1) is 0 Å². The minimum absolute atomic E-state index is 0.240. The van der Waals surface area contributed by atoms with Crippen molar-refractivity contribution in [1.29, 1.82) is 0 Å². The van der Waals surface area contributed by atoms with Gasteiger partial charge in [-0.1, -0.05) is 26.0 Å². The van der Waals surface area contributed by atoms with Crippen molar-refractivity contribution in [2.75, 3.05) is 0 Å². The zero-order valence-corrected chi connectivity index (χ0v) is 11.5. The average molecular weight is 260 g/mol. The van der Waals surface area contributed by atoms with E-state index in [0.29, 0.717) is 12.3 Å². The number of hydrogen-bond donors (Lipinski definition) is 1. The third-order valence-corrected chi connectivity index (χ3v) is 3.22. The van der Waals surface area contributed by atoms with E-state index in [4.69, 9.17) is 5.11 Å². The Kier molecular flexibility index (Phi) is 4.20. The van der Waals surface area contributed by atoms with Gasteiger partial charge in [0.05, 0.1) is 11.0 Å². The van der Waals surface area contributed by atoms with Gasteiger partial charge in [-0.2, -0.15) is 0 Å². The summed E-state index contributed by atoms with van der Waals surface area (Å²) in [6.45, 7) is 5.10. The van der Waals surface area contributed by atoms with Crippen molar-refractivity contribution in [3.63, 3.8) is 0 Å². The molecule has 0 aliphatic rings. The first-order valence-corrected chi connectivity index (χ1v) is 6.76. The van der Waals surface area contributed by atoms with Crippen molar-refractivity contribution in [2.45, 2.75) is 45.6 Å². The molecule has 0 aliphatic heterocycles. The minimum atomic E-state index is -0.723. The number of aliphatic carboxylic acids is 1. The highest BCUT2D eigenvalue weighted by Crippen LogP contribution is 2.22. The first-order chi connectivity index (χ1) is 9.09. The Morgan fingerprint density at radius 2 is 2.05 bits per heavy atom. The second kappa shape index (κ2) is 5.87. The lowest BCUT2D eigenvalue weighted by Crippen LogP contribution is -2.06. The van der Waals surface area contributed by atoms with Crippen molar-refractivity contribution in [1.82, 2.24) is 9.55 Å². The Morgan fingerprint density at radius 3 is 2.74 bits per heavy atom. The van der Waals surface area contributed by atoms with Gasteiger partial charge in [0.15, 0.2) is 0 Å². The number of rotatable bonds is 6. The van der Waals surface area contributed by atoms with Crippen molar-refractivity contribution >= 4 is 17.0 Å². The molecule has 0 fully saturated rings. The predicted molar refractivity (Wildman–Crippen MR) is 75.3 cm³/mol. The van der Waals surface area contributed by atoms with Crippen LogP contribution in [0.2, 0.25) is 0 Å². The summed E-state index contributed by atoms with van der Waals surface area (Å²) in [6, 6.07) is 8.11. The Bertz CT molecular complexity index is 573. The van der Waals surface area contributed by atoms with Gasteiger partial charge in [-0.25, -0.2) is 4.98 Å². The number of benzene rings is 1. The van der Waals surface area contributed by atoms with E-state index in [9.17, 15) is 4.79 Å². The fourth-order valence-electron chi connectivity index (χ4n) is 2.32. The maximum absolute atomic E-state index is 10.5. The lowest BCUT2D eigenvalue weighted by Gasteiger charge is -2.11. The number of aryl methyl sites for hydroxylation is 1. The summed E-state index contributed by atoms with van der Waals surface area (Å²) < 4.78 is 2.22. The van der Waals surface area contributed by atoms with E-state index < -0.39 is 5.97 Å². The molecule has 19 heavy (non-hydrogen) atoms. The molecule has 0 radical (unpaired) electrons. The summed E-state index contributed by atoms with van der Waals surface area (Å²) >= 11 is 0. The van der Waals surface area contributed by atoms with Crippen LogP contribution in [0.25, 0.3) is 11.0 Å². The molecule has 1 N–H and O–H groups in total. The Labute approximate surface area is 113 Å². The van der Waals surface area contributed by atoms with Crippen molar-refractivity contribution in [3.05, 3.63) is 30.1 Å². The molecule has 0 bridgehead atoms. The Morgan fingerprint density at radius 1 is 1.32 bits per heavy atom. The van der Waals surface area contributed by atoms with Crippen LogP contribution in [0.15, 0.2) is 24.3 Å². The number of carboxylic acids is 1. The molecule has 0 spiro atoms. The molecule has 0 atom stereocenters. The van der Waals surface area contributed by atoms with Crippen LogP contribution < -0.4 is 0 Å². The quantitative estimate of drug-likeness (QED) is 0.810. The van der Waals surface area contributed by atoms with Gasteiger partial charge in [-0.15, -0.1) is 0 Å². The SMILES string of the molecule is CC(C)c1nc2ccccc2n1CCCCC(=O)O. The topological polar surface area (TPSA) is 55.1 Å². The number of aromatic nitrogens is 2. The van der Waals surface area contributed by atoms with E-state index in [2.05, 4.69) is 29.5 Å². The number of nitrogens with zero attached hydrogens (tertiary/aromatic N) is 2. The molecule has 4 nitrogen and oxygen atoms in total. The summed E-state index contributed by atoms with van der Waals surface area (Å²) in [5, 5.41) is 8.67.